The van der Waals surface area contributed by atoms with Crippen LogP contribution in [0, 0.1) is 6.92 Å². The lowest BCUT2D eigenvalue weighted by Gasteiger charge is -2.11. The van der Waals surface area contributed by atoms with Gasteiger partial charge >= 0.3 is 0 Å². The van der Waals surface area contributed by atoms with Crippen molar-refractivity contribution >= 4 is 21.8 Å². The third-order valence-corrected chi connectivity index (χ3v) is 5.15. The number of aryl methyl sites for hydroxylation is 1. The Balaban J connectivity index is 1.67. The monoisotopic (exact) mass is 414 g/mol. The fourth-order valence-corrected chi connectivity index (χ4v) is 3.60. The van der Waals surface area contributed by atoms with Crippen molar-refractivity contribution < 1.29 is 4.74 Å². The molecule has 1 aromatic carbocycles. The molecule has 9 nitrogen and oxygen atoms in total. The Morgan fingerprint density at radius 1 is 0.968 bits per heavy atom. The summed E-state index contributed by atoms with van der Waals surface area (Å²) >= 11 is 0. The zero-order valence-electron chi connectivity index (χ0n) is 16.9. The van der Waals surface area contributed by atoms with E-state index in [1.54, 1.807) is 49.2 Å². The summed E-state index contributed by atoms with van der Waals surface area (Å²) in [6.07, 6.45) is 3.28. The van der Waals surface area contributed by atoms with Crippen LogP contribution in [0.5, 0.6) is 5.75 Å². The van der Waals surface area contributed by atoms with E-state index in [1.165, 1.54) is 4.57 Å². The van der Waals surface area contributed by atoms with E-state index in [-0.39, 0.29) is 17.1 Å². The van der Waals surface area contributed by atoms with Crippen LogP contribution in [0.4, 0.5) is 0 Å². The molecule has 0 atom stereocenters. The van der Waals surface area contributed by atoms with Crippen LogP contribution in [0.1, 0.15) is 11.4 Å². The largest absolute Gasteiger partial charge is 0.496 e. The molecule has 5 rings (SSSR count). The van der Waals surface area contributed by atoms with Crippen molar-refractivity contribution in [1.82, 2.24) is 29.3 Å². The summed E-state index contributed by atoms with van der Waals surface area (Å²) in [6.45, 7) is 2.09. The number of benzene rings is 1. The smallest absolute Gasteiger partial charge is 0.267 e. The van der Waals surface area contributed by atoms with Crippen LogP contribution in [0.3, 0.4) is 0 Å². The molecule has 0 saturated carbocycles. The summed E-state index contributed by atoms with van der Waals surface area (Å²) < 4.78 is 8.30. The summed E-state index contributed by atoms with van der Waals surface area (Å²) in [4.78, 5) is 35.0. The van der Waals surface area contributed by atoms with E-state index in [4.69, 9.17) is 4.74 Å². The standard InChI is InChI=1S/C22H18N6O3/c1-13-23-22(26-25-13)28-10-8-18-16(21(28)30)11-15-17(24-18)7-9-27(20(15)29)12-14-5-3-4-6-19(14)31-2/h3-11H,12H2,1-2H3,(H,23,25,26). The Morgan fingerprint density at radius 3 is 2.45 bits per heavy atom. The molecule has 0 amide bonds. The first-order chi connectivity index (χ1) is 15.0. The highest BCUT2D eigenvalue weighted by Crippen LogP contribution is 2.19. The quantitative estimate of drug-likeness (QED) is 0.452. The van der Waals surface area contributed by atoms with Gasteiger partial charge in [0.2, 0.25) is 0 Å². The van der Waals surface area contributed by atoms with Gasteiger partial charge in [-0.15, -0.1) is 5.10 Å². The van der Waals surface area contributed by atoms with Crippen molar-refractivity contribution in [2.75, 3.05) is 7.11 Å². The van der Waals surface area contributed by atoms with E-state index in [9.17, 15) is 9.59 Å². The van der Waals surface area contributed by atoms with Gasteiger partial charge in [-0.25, -0.2) is 9.55 Å². The van der Waals surface area contributed by atoms with Gasteiger partial charge in [0.25, 0.3) is 17.1 Å². The fraction of sp³-hybridized carbons (Fsp3) is 0.136. The number of rotatable bonds is 4. The number of fused-ring (bicyclic) bond motifs is 2. The van der Waals surface area contributed by atoms with Gasteiger partial charge in [0, 0.05) is 18.0 Å². The molecule has 0 aliphatic heterocycles. The van der Waals surface area contributed by atoms with Gasteiger partial charge in [-0.3, -0.25) is 14.7 Å². The third kappa shape index (κ3) is 3.16. The molecule has 0 aliphatic rings. The zero-order chi connectivity index (χ0) is 21.5. The number of hydrogen-bond acceptors (Lipinski definition) is 6. The van der Waals surface area contributed by atoms with E-state index >= 15 is 0 Å². The average Bonchev–Trinajstić information content (AvgIpc) is 3.21. The maximum Gasteiger partial charge on any atom is 0.267 e. The Kier molecular flexibility index (Phi) is 4.36. The summed E-state index contributed by atoms with van der Waals surface area (Å²) in [5, 5.41) is 7.45. The van der Waals surface area contributed by atoms with Crippen molar-refractivity contribution in [2.24, 2.45) is 0 Å². The Bertz CT molecular complexity index is 1560. The molecule has 4 heterocycles. The van der Waals surface area contributed by atoms with Crippen molar-refractivity contribution in [3.8, 4) is 11.7 Å². The first-order valence-electron chi connectivity index (χ1n) is 9.62. The highest BCUT2D eigenvalue weighted by atomic mass is 16.5. The Hall–Kier alpha value is -4.27. The van der Waals surface area contributed by atoms with E-state index in [2.05, 4.69) is 20.2 Å². The van der Waals surface area contributed by atoms with E-state index in [1.807, 2.05) is 24.3 Å². The molecule has 0 spiro atoms. The minimum absolute atomic E-state index is 0.235. The van der Waals surface area contributed by atoms with E-state index in [0.717, 1.165) is 5.56 Å². The number of nitrogens with zero attached hydrogens (tertiary/aromatic N) is 5. The molecule has 1 N–H and O–H groups in total. The lowest BCUT2D eigenvalue weighted by Crippen LogP contribution is -2.22. The maximum absolute atomic E-state index is 13.2. The lowest BCUT2D eigenvalue weighted by atomic mass is 10.1. The SMILES string of the molecule is COc1ccccc1Cn1ccc2nc3ccn(-c4n[nH]c(C)n4)c(=O)c3cc2c1=O. The molecule has 0 saturated heterocycles. The second-order valence-electron chi connectivity index (χ2n) is 7.13. The fourth-order valence-electron chi connectivity index (χ4n) is 3.60. The van der Waals surface area contributed by atoms with Crippen LogP contribution in [0.15, 0.2) is 64.4 Å². The lowest BCUT2D eigenvalue weighted by molar-refractivity contribution is 0.408. The number of methoxy groups -OCH3 is 1. The molecular weight excluding hydrogens is 396 g/mol. The molecule has 4 aromatic heterocycles. The van der Waals surface area contributed by atoms with E-state index < -0.39 is 0 Å². The normalized spacial score (nSPS) is 11.3. The number of hydrogen-bond donors (Lipinski definition) is 1. The summed E-state index contributed by atoms with van der Waals surface area (Å²) in [6, 6.07) is 12.6. The van der Waals surface area contributed by atoms with Gasteiger partial charge in [0.15, 0.2) is 0 Å². The van der Waals surface area contributed by atoms with Gasteiger partial charge in [0.1, 0.15) is 11.6 Å². The number of aromatic nitrogens is 6. The van der Waals surface area contributed by atoms with E-state index in [0.29, 0.717) is 39.9 Å². The first-order valence-corrected chi connectivity index (χ1v) is 9.62. The molecule has 154 valence electrons. The van der Waals surface area contributed by atoms with Crippen molar-refractivity contribution in [2.45, 2.75) is 13.5 Å². The molecule has 31 heavy (non-hydrogen) atoms. The van der Waals surface area contributed by atoms with Crippen LogP contribution < -0.4 is 15.9 Å². The molecule has 0 unspecified atom stereocenters. The number of para-hydroxylation sites is 1. The van der Waals surface area contributed by atoms with Crippen LogP contribution in [0.2, 0.25) is 0 Å². The van der Waals surface area contributed by atoms with Crippen molar-refractivity contribution in [3.63, 3.8) is 0 Å². The van der Waals surface area contributed by atoms with Gasteiger partial charge in [-0.1, -0.05) is 18.2 Å². The number of aromatic amines is 1. The number of nitrogens with one attached hydrogen (secondary N) is 1. The van der Waals surface area contributed by atoms with Gasteiger partial charge in [-0.2, -0.15) is 4.98 Å². The predicted molar refractivity (Wildman–Crippen MR) is 116 cm³/mol. The minimum atomic E-state index is -0.342. The average molecular weight is 414 g/mol. The van der Waals surface area contributed by atoms with Crippen LogP contribution >= 0.6 is 0 Å². The Labute approximate surface area is 175 Å². The predicted octanol–water partition coefficient (Wildman–Crippen LogP) is 2.18. The van der Waals surface area contributed by atoms with Crippen LogP contribution in [-0.4, -0.2) is 36.4 Å². The van der Waals surface area contributed by atoms with Crippen molar-refractivity contribution in [1.29, 1.82) is 0 Å². The van der Waals surface area contributed by atoms with Crippen LogP contribution in [0.25, 0.3) is 27.8 Å². The topological polar surface area (TPSA) is 108 Å². The molecule has 9 heteroatoms. The summed E-state index contributed by atoms with van der Waals surface area (Å²) in [7, 11) is 1.60. The third-order valence-electron chi connectivity index (χ3n) is 5.15. The molecule has 0 radical (unpaired) electrons. The molecule has 0 bridgehead atoms. The highest BCUT2D eigenvalue weighted by molar-refractivity contribution is 5.91. The number of ether oxygens (including phenoxy) is 1. The summed E-state index contributed by atoms with van der Waals surface area (Å²) in [5.41, 5.74) is 1.33. The second kappa shape index (κ2) is 7.21. The van der Waals surface area contributed by atoms with Gasteiger partial charge in [0.05, 0.1) is 35.5 Å². The second-order valence-corrected chi connectivity index (χ2v) is 7.13. The Morgan fingerprint density at radius 2 is 1.71 bits per heavy atom. The molecular formula is C22H18N6O3. The maximum atomic E-state index is 13.2. The number of pyridine rings is 3. The van der Waals surface area contributed by atoms with Crippen LogP contribution in [-0.2, 0) is 6.54 Å². The first kappa shape index (κ1) is 18.7. The molecule has 0 aliphatic carbocycles. The minimum Gasteiger partial charge on any atom is -0.496 e. The number of H-pyrrole nitrogens is 1. The van der Waals surface area contributed by atoms with Gasteiger partial charge in [-0.05, 0) is 31.2 Å². The zero-order valence-corrected chi connectivity index (χ0v) is 16.9. The summed E-state index contributed by atoms with van der Waals surface area (Å²) in [5.74, 6) is 1.54. The molecule has 0 fully saturated rings. The molecule has 5 aromatic rings. The van der Waals surface area contributed by atoms with Crippen molar-refractivity contribution in [3.05, 3.63) is 87.0 Å². The van der Waals surface area contributed by atoms with Gasteiger partial charge < -0.3 is 9.30 Å². The highest BCUT2D eigenvalue weighted by Gasteiger charge is 2.13.